The number of thiazole rings is 1. The highest BCUT2D eigenvalue weighted by Crippen LogP contribution is 2.34. The van der Waals surface area contributed by atoms with Crippen molar-refractivity contribution in [1.82, 2.24) is 9.97 Å². The predicted octanol–water partition coefficient (Wildman–Crippen LogP) is 6.55. The second-order valence-corrected chi connectivity index (χ2v) is 8.99. The Morgan fingerprint density at radius 1 is 1.00 bits per heavy atom. The van der Waals surface area contributed by atoms with Gasteiger partial charge in [-0.3, -0.25) is 4.79 Å². The molecule has 0 bridgehead atoms. The van der Waals surface area contributed by atoms with Crippen LogP contribution < -0.4 is 11.1 Å². The highest BCUT2D eigenvalue weighted by molar-refractivity contribution is 7.99. The van der Waals surface area contributed by atoms with Crippen LogP contribution in [0.5, 0.6) is 0 Å². The Hall–Kier alpha value is -2.58. The van der Waals surface area contributed by atoms with E-state index in [1.807, 2.05) is 42.5 Å². The van der Waals surface area contributed by atoms with E-state index in [1.54, 1.807) is 36.2 Å². The highest BCUT2D eigenvalue weighted by atomic mass is 35.5. The van der Waals surface area contributed by atoms with Crippen LogP contribution in [-0.4, -0.2) is 15.8 Å². The van der Waals surface area contributed by atoms with Crippen molar-refractivity contribution in [1.29, 1.82) is 0 Å². The summed E-state index contributed by atoms with van der Waals surface area (Å²) in [5, 5.41) is 5.15. The number of nitrogen functional groups attached to an aromatic ring is 1. The summed E-state index contributed by atoms with van der Waals surface area (Å²) in [7, 11) is 0. The van der Waals surface area contributed by atoms with E-state index in [-0.39, 0.29) is 32.1 Å². The van der Waals surface area contributed by atoms with Crippen molar-refractivity contribution in [2.75, 3.05) is 11.1 Å². The third-order valence-electron chi connectivity index (χ3n) is 4.02. The Balaban J connectivity index is 1.50. The average Bonchev–Trinajstić information content (AvgIpc) is 3.10. The first-order chi connectivity index (χ1) is 14.5. The van der Waals surface area contributed by atoms with Gasteiger partial charge in [0.15, 0.2) is 5.13 Å². The van der Waals surface area contributed by atoms with Gasteiger partial charge in [0, 0.05) is 16.8 Å². The molecular weight excluding hydrogens is 459 g/mol. The fourth-order valence-electron chi connectivity index (χ4n) is 2.63. The van der Waals surface area contributed by atoms with E-state index < -0.39 is 0 Å². The number of carbonyl (C=O) groups is 1. The van der Waals surface area contributed by atoms with Gasteiger partial charge in [-0.25, -0.2) is 9.97 Å². The van der Waals surface area contributed by atoms with Gasteiger partial charge < -0.3 is 11.1 Å². The molecule has 0 saturated carbocycles. The van der Waals surface area contributed by atoms with Gasteiger partial charge in [0.25, 0.3) is 0 Å². The van der Waals surface area contributed by atoms with E-state index in [9.17, 15) is 4.79 Å². The number of hydrogen-bond donors (Lipinski definition) is 2. The van der Waals surface area contributed by atoms with Crippen molar-refractivity contribution in [3.05, 3.63) is 87.3 Å². The lowest BCUT2D eigenvalue weighted by Gasteiger charge is -2.05. The molecule has 0 aliphatic carbocycles. The maximum atomic E-state index is 12.9. The molecule has 2 aromatic carbocycles. The molecule has 2 heterocycles. The van der Waals surface area contributed by atoms with Crippen LogP contribution in [0.3, 0.4) is 0 Å². The quantitative estimate of drug-likeness (QED) is 0.309. The summed E-state index contributed by atoms with van der Waals surface area (Å²) >= 11 is 15.0. The molecule has 0 spiro atoms. The number of carbonyl (C=O) groups excluding carboxylic acids is 1. The molecule has 4 aromatic rings. The Kier molecular flexibility index (Phi) is 6.24. The predicted molar refractivity (Wildman–Crippen MR) is 125 cm³/mol. The molecule has 0 saturated heterocycles. The molecule has 0 unspecified atom stereocenters. The summed E-state index contributed by atoms with van der Waals surface area (Å²) < 4.78 is 0. The zero-order chi connectivity index (χ0) is 21.1. The van der Waals surface area contributed by atoms with Crippen LogP contribution in [0.4, 0.5) is 16.6 Å². The van der Waals surface area contributed by atoms with Gasteiger partial charge in [0.2, 0.25) is 5.78 Å². The van der Waals surface area contributed by atoms with Gasteiger partial charge in [0.05, 0.1) is 15.6 Å². The number of rotatable bonds is 6. The molecule has 30 heavy (non-hydrogen) atoms. The lowest BCUT2D eigenvalue weighted by atomic mass is 10.1. The first kappa shape index (κ1) is 20.7. The largest absolute Gasteiger partial charge is 0.382 e. The molecule has 0 aliphatic rings. The second kappa shape index (κ2) is 9.06. The zero-order valence-corrected chi connectivity index (χ0v) is 18.4. The number of pyridine rings is 1. The van der Waals surface area contributed by atoms with Crippen molar-refractivity contribution in [3.63, 3.8) is 0 Å². The van der Waals surface area contributed by atoms with Gasteiger partial charge in [-0.1, -0.05) is 58.4 Å². The third-order valence-corrected chi connectivity index (χ3v) is 6.59. The van der Waals surface area contributed by atoms with Crippen LogP contribution in [0.25, 0.3) is 0 Å². The molecule has 0 aliphatic heterocycles. The fraction of sp³-hybridized carbons (Fsp3) is 0. The summed E-state index contributed by atoms with van der Waals surface area (Å²) in [6.07, 6.45) is 1.76. The summed E-state index contributed by atoms with van der Waals surface area (Å²) in [6.45, 7) is 0. The summed E-state index contributed by atoms with van der Waals surface area (Å²) in [5.74, 6) is -0.221. The number of benzene rings is 2. The molecule has 0 atom stereocenters. The van der Waals surface area contributed by atoms with E-state index in [1.165, 1.54) is 0 Å². The van der Waals surface area contributed by atoms with Crippen molar-refractivity contribution in [3.8, 4) is 0 Å². The summed E-state index contributed by atoms with van der Waals surface area (Å²) in [6, 6.07) is 18.5. The minimum Gasteiger partial charge on any atom is -0.382 e. The number of aromatic nitrogens is 2. The number of nitrogens with two attached hydrogens (primary N) is 1. The summed E-state index contributed by atoms with van der Waals surface area (Å²) in [5.41, 5.74) is 7.03. The number of nitrogens with one attached hydrogen (secondary N) is 1. The van der Waals surface area contributed by atoms with Crippen LogP contribution in [0, 0.1) is 0 Å². The molecule has 9 heteroatoms. The monoisotopic (exact) mass is 472 g/mol. The first-order valence-electron chi connectivity index (χ1n) is 8.72. The fourth-order valence-corrected chi connectivity index (χ4v) is 4.83. The molecule has 150 valence electrons. The number of nitrogens with zero attached hydrogens (tertiary/aromatic N) is 2. The Morgan fingerprint density at radius 2 is 1.73 bits per heavy atom. The van der Waals surface area contributed by atoms with Crippen LogP contribution in [-0.2, 0) is 0 Å². The molecule has 0 radical (unpaired) electrons. The molecule has 3 N–H and O–H groups in total. The maximum absolute atomic E-state index is 12.9. The topological polar surface area (TPSA) is 80.9 Å². The number of anilines is 3. The van der Waals surface area contributed by atoms with Crippen LogP contribution in [0.15, 0.2) is 76.8 Å². The zero-order valence-electron chi connectivity index (χ0n) is 15.3. The van der Waals surface area contributed by atoms with Crippen molar-refractivity contribution < 1.29 is 4.79 Å². The molecule has 4 rings (SSSR count). The molecule has 2 aromatic heterocycles. The minimum atomic E-state index is -0.351. The molecule has 0 fully saturated rings. The van der Waals surface area contributed by atoms with Gasteiger partial charge in [-0.15, -0.1) is 0 Å². The minimum absolute atomic E-state index is 0.130. The average molecular weight is 473 g/mol. The van der Waals surface area contributed by atoms with E-state index >= 15 is 0 Å². The smallest absolute Gasteiger partial charge is 0.209 e. The van der Waals surface area contributed by atoms with Gasteiger partial charge in [-0.2, -0.15) is 0 Å². The van der Waals surface area contributed by atoms with Crippen LogP contribution in [0.1, 0.15) is 15.2 Å². The number of hydrogen-bond acceptors (Lipinski definition) is 7. The Bertz CT molecular complexity index is 1180. The number of ketones is 1. The lowest BCUT2D eigenvalue weighted by Crippen LogP contribution is -2.04. The number of halogens is 2. The SMILES string of the molecule is Nc1nc(Nc2ccc(Sc3ccccn3)cc2)sc1C(=O)c1c(Cl)cccc1Cl. The standard InChI is InChI=1S/C21H14Cl2N4OS2/c22-14-4-3-5-15(23)17(14)18(28)19-20(24)27-21(30-19)26-12-7-9-13(10-8-12)29-16-6-1-2-11-25-16/h1-11H,24H2,(H,26,27). The van der Waals surface area contributed by atoms with Crippen LogP contribution in [0.2, 0.25) is 10.0 Å². The van der Waals surface area contributed by atoms with Gasteiger partial charge >= 0.3 is 0 Å². The van der Waals surface area contributed by atoms with Gasteiger partial charge in [0.1, 0.15) is 15.7 Å². The molecule has 5 nitrogen and oxygen atoms in total. The van der Waals surface area contributed by atoms with Crippen LogP contribution >= 0.6 is 46.3 Å². The lowest BCUT2D eigenvalue weighted by molar-refractivity contribution is 0.104. The summed E-state index contributed by atoms with van der Waals surface area (Å²) in [4.78, 5) is 22.8. The van der Waals surface area contributed by atoms with Crippen molar-refractivity contribution in [2.45, 2.75) is 9.92 Å². The van der Waals surface area contributed by atoms with Crippen molar-refractivity contribution >= 4 is 68.7 Å². The molecule has 0 amide bonds. The Labute approximate surface area is 191 Å². The van der Waals surface area contributed by atoms with E-state index in [0.717, 1.165) is 26.9 Å². The normalized spacial score (nSPS) is 10.7. The maximum Gasteiger partial charge on any atom is 0.209 e. The van der Waals surface area contributed by atoms with E-state index in [4.69, 9.17) is 28.9 Å². The molecular formula is C21H14Cl2N4OS2. The van der Waals surface area contributed by atoms with Crippen molar-refractivity contribution in [2.24, 2.45) is 0 Å². The first-order valence-corrected chi connectivity index (χ1v) is 11.1. The third kappa shape index (κ3) is 4.60. The van der Waals surface area contributed by atoms with Gasteiger partial charge in [-0.05, 0) is 48.5 Å². The van der Waals surface area contributed by atoms with E-state index in [2.05, 4.69) is 15.3 Å². The Morgan fingerprint density at radius 3 is 2.40 bits per heavy atom. The second-order valence-electron chi connectivity index (χ2n) is 6.08. The van der Waals surface area contributed by atoms with E-state index in [0.29, 0.717) is 5.13 Å². The highest BCUT2D eigenvalue weighted by Gasteiger charge is 2.22.